The van der Waals surface area contributed by atoms with E-state index in [-0.39, 0.29) is 0 Å². The summed E-state index contributed by atoms with van der Waals surface area (Å²) in [6.45, 7) is 0. The van der Waals surface area contributed by atoms with Crippen molar-refractivity contribution in [3.8, 4) is 5.75 Å². The molecule has 1 heteroatoms. The van der Waals surface area contributed by atoms with Gasteiger partial charge in [0.15, 0.2) is 0 Å². The molecule has 16 heavy (non-hydrogen) atoms. The molecule has 0 N–H and O–H groups in total. The molecule has 0 fully saturated rings. The maximum Gasteiger partial charge on any atom is 0.122 e. The molecule has 3 rings (SSSR count). The molecule has 77 valence electrons. The fourth-order valence-corrected chi connectivity index (χ4v) is 2.08. The van der Waals surface area contributed by atoms with E-state index in [0.29, 0.717) is 0 Å². The summed E-state index contributed by atoms with van der Waals surface area (Å²) in [6.07, 6.45) is 0. The monoisotopic (exact) mass is 207 g/mol. The number of hydrogen-bond acceptors (Lipinski definition) is 1. The molecular formula is C15H11O. The van der Waals surface area contributed by atoms with Crippen molar-refractivity contribution in [3.05, 3.63) is 61.7 Å². The molecule has 0 spiro atoms. The van der Waals surface area contributed by atoms with Crippen LogP contribution in [0.25, 0.3) is 21.5 Å². The van der Waals surface area contributed by atoms with Crippen LogP contribution in [0.3, 0.4) is 0 Å². The maximum absolute atomic E-state index is 4.98. The van der Waals surface area contributed by atoms with Crippen molar-refractivity contribution in [2.75, 3.05) is 0 Å². The summed E-state index contributed by atoms with van der Waals surface area (Å²) in [6, 6.07) is 18.7. The Balaban J connectivity index is 2.43. The van der Waals surface area contributed by atoms with Crippen LogP contribution >= 0.6 is 0 Å². The van der Waals surface area contributed by atoms with Crippen LogP contribution in [0.2, 0.25) is 0 Å². The van der Waals surface area contributed by atoms with Crippen LogP contribution in [0.4, 0.5) is 0 Å². The smallest absolute Gasteiger partial charge is 0.122 e. The van der Waals surface area contributed by atoms with Gasteiger partial charge in [0.2, 0.25) is 0 Å². The fraction of sp³-hybridized carbons (Fsp3) is 0. The molecule has 0 saturated carbocycles. The lowest BCUT2D eigenvalue weighted by molar-refractivity contribution is 0.474. The number of fused-ring (bicyclic) bond motifs is 3. The van der Waals surface area contributed by atoms with Gasteiger partial charge in [-0.05, 0) is 33.7 Å². The number of rotatable bonds is 1. The molecule has 3 aromatic carbocycles. The Hall–Kier alpha value is -2.02. The standard InChI is InChI=1S/C15H11O/c1-16-13-8-9-15-12(10-13)7-6-11-4-2-3-5-14(11)15/h2-10H,1H2. The zero-order valence-corrected chi connectivity index (χ0v) is 8.81. The topological polar surface area (TPSA) is 9.23 Å². The van der Waals surface area contributed by atoms with Crippen molar-refractivity contribution in [1.29, 1.82) is 0 Å². The Morgan fingerprint density at radius 2 is 1.50 bits per heavy atom. The Kier molecular flexibility index (Phi) is 2.03. The van der Waals surface area contributed by atoms with Gasteiger partial charge in [0.1, 0.15) is 12.9 Å². The van der Waals surface area contributed by atoms with Gasteiger partial charge in [0, 0.05) is 0 Å². The third kappa shape index (κ3) is 1.33. The molecule has 0 atom stereocenters. The Morgan fingerprint density at radius 3 is 2.38 bits per heavy atom. The molecule has 1 radical (unpaired) electrons. The van der Waals surface area contributed by atoms with E-state index in [9.17, 15) is 0 Å². The molecule has 0 bridgehead atoms. The van der Waals surface area contributed by atoms with Crippen LogP contribution in [0.15, 0.2) is 54.6 Å². The molecule has 0 aliphatic carbocycles. The van der Waals surface area contributed by atoms with Crippen molar-refractivity contribution in [2.45, 2.75) is 0 Å². The highest BCUT2D eigenvalue weighted by atomic mass is 16.5. The molecule has 0 saturated heterocycles. The minimum absolute atomic E-state index is 0.794. The van der Waals surface area contributed by atoms with Crippen LogP contribution < -0.4 is 4.74 Å². The van der Waals surface area contributed by atoms with Gasteiger partial charge in [0.25, 0.3) is 0 Å². The summed E-state index contributed by atoms with van der Waals surface area (Å²) in [7, 11) is 3.43. The van der Waals surface area contributed by atoms with Gasteiger partial charge in [-0.3, -0.25) is 0 Å². The van der Waals surface area contributed by atoms with E-state index < -0.39 is 0 Å². The van der Waals surface area contributed by atoms with E-state index in [2.05, 4.69) is 49.6 Å². The van der Waals surface area contributed by atoms with Gasteiger partial charge >= 0.3 is 0 Å². The molecule has 0 aliphatic heterocycles. The molecule has 0 heterocycles. The normalized spacial score (nSPS) is 10.8. The van der Waals surface area contributed by atoms with Crippen LogP contribution in [-0.4, -0.2) is 0 Å². The van der Waals surface area contributed by atoms with Gasteiger partial charge in [-0.2, -0.15) is 0 Å². The highest BCUT2D eigenvalue weighted by Crippen LogP contribution is 2.27. The first kappa shape index (κ1) is 9.22. The molecule has 0 unspecified atom stereocenters. The summed E-state index contributed by atoms with van der Waals surface area (Å²) in [5.41, 5.74) is 0. The van der Waals surface area contributed by atoms with Crippen molar-refractivity contribution < 1.29 is 4.74 Å². The van der Waals surface area contributed by atoms with E-state index in [4.69, 9.17) is 4.74 Å². The minimum atomic E-state index is 0.794. The summed E-state index contributed by atoms with van der Waals surface area (Å²) in [5.74, 6) is 0.794. The van der Waals surface area contributed by atoms with Crippen LogP contribution in [0, 0.1) is 7.11 Å². The fourth-order valence-electron chi connectivity index (χ4n) is 2.08. The predicted molar refractivity (Wildman–Crippen MR) is 67.4 cm³/mol. The lowest BCUT2D eigenvalue weighted by Crippen LogP contribution is -1.81. The van der Waals surface area contributed by atoms with Gasteiger partial charge in [-0.15, -0.1) is 0 Å². The SMILES string of the molecule is [CH2]Oc1ccc2c(ccc3ccccc32)c1. The van der Waals surface area contributed by atoms with Gasteiger partial charge in [-0.25, -0.2) is 0 Å². The first-order valence-electron chi connectivity index (χ1n) is 5.22. The molecule has 3 aromatic rings. The molecular weight excluding hydrogens is 196 g/mol. The second-order valence-electron chi connectivity index (χ2n) is 3.81. The molecule has 0 amide bonds. The van der Waals surface area contributed by atoms with E-state index in [1.807, 2.05) is 12.1 Å². The van der Waals surface area contributed by atoms with Crippen LogP contribution in [0.5, 0.6) is 5.75 Å². The summed E-state index contributed by atoms with van der Waals surface area (Å²) < 4.78 is 4.98. The Morgan fingerprint density at radius 1 is 0.750 bits per heavy atom. The van der Waals surface area contributed by atoms with E-state index in [1.54, 1.807) is 0 Å². The average molecular weight is 207 g/mol. The Labute approximate surface area is 94.3 Å². The van der Waals surface area contributed by atoms with Gasteiger partial charge < -0.3 is 4.74 Å². The van der Waals surface area contributed by atoms with Crippen molar-refractivity contribution >= 4 is 21.5 Å². The highest BCUT2D eigenvalue weighted by molar-refractivity contribution is 6.07. The van der Waals surface area contributed by atoms with Gasteiger partial charge in [0.05, 0.1) is 0 Å². The lowest BCUT2D eigenvalue weighted by Gasteiger charge is -2.05. The second kappa shape index (κ2) is 3.53. The van der Waals surface area contributed by atoms with Crippen LogP contribution in [-0.2, 0) is 0 Å². The first-order valence-corrected chi connectivity index (χ1v) is 5.22. The summed E-state index contributed by atoms with van der Waals surface area (Å²) >= 11 is 0. The maximum atomic E-state index is 4.98. The minimum Gasteiger partial charge on any atom is -0.490 e. The van der Waals surface area contributed by atoms with E-state index in [1.165, 1.54) is 21.5 Å². The number of ether oxygens (including phenoxy) is 1. The van der Waals surface area contributed by atoms with Crippen LogP contribution in [0.1, 0.15) is 0 Å². The largest absolute Gasteiger partial charge is 0.490 e. The summed E-state index contributed by atoms with van der Waals surface area (Å²) in [5, 5.41) is 4.97. The van der Waals surface area contributed by atoms with E-state index >= 15 is 0 Å². The molecule has 0 aromatic heterocycles. The van der Waals surface area contributed by atoms with Crippen molar-refractivity contribution in [3.63, 3.8) is 0 Å². The zero-order valence-electron chi connectivity index (χ0n) is 8.81. The molecule has 1 nitrogen and oxygen atoms in total. The second-order valence-corrected chi connectivity index (χ2v) is 3.81. The zero-order chi connectivity index (χ0) is 11.0. The third-order valence-electron chi connectivity index (χ3n) is 2.88. The molecule has 0 aliphatic rings. The average Bonchev–Trinajstić information content (AvgIpc) is 2.38. The lowest BCUT2D eigenvalue weighted by atomic mass is 10.0. The number of benzene rings is 3. The first-order chi connectivity index (χ1) is 7.88. The van der Waals surface area contributed by atoms with E-state index in [0.717, 1.165) is 5.75 Å². The van der Waals surface area contributed by atoms with Crippen molar-refractivity contribution in [2.24, 2.45) is 0 Å². The highest BCUT2D eigenvalue weighted by Gasteiger charge is 2.00. The Bertz CT molecular complexity index is 656. The van der Waals surface area contributed by atoms with Gasteiger partial charge in [-0.1, -0.05) is 42.5 Å². The number of hydrogen-bond donors (Lipinski definition) is 0. The quantitative estimate of drug-likeness (QED) is 0.544. The van der Waals surface area contributed by atoms with Crippen molar-refractivity contribution in [1.82, 2.24) is 0 Å². The third-order valence-corrected chi connectivity index (χ3v) is 2.88. The predicted octanol–water partition coefficient (Wildman–Crippen LogP) is 4.16. The summed E-state index contributed by atoms with van der Waals surface area (Å²) in [4.78, 5) is 0.